The van der Waals surface area contributed by atoms with Crippen molar-refractivity contribution in [1.82, 2.24) is 0 Å². The number of hydrogen-bond acceptors (Lipinski definition) is 4. The molecule has 4 rings (SSSR count). The molecule has 0 radical (unpaired) electrons. The summed E-state index contributed by atoms with van der Waals surface area (Å²) in [7, 11) is 0. The molecule has 3 aromatic rings. The van der Waals surface area contributed by atoms with Crippen molar-refractivity contribution < 1.29 is 18.7 Å². The summed E-state index contributed by atoms with van der Waals surface area (Å²) < 4.78 is 10.7. The van der Waals surface area contributed by atoms with Gasteiger partial charge in [-0.3, -0.25) is 9.59 Å². The van der Waals surface area contributed by atoms with Crippen LogP contribution < -0.4 is 15.4 Å². The normalized spacial score (nSPS) is 12.5. The molecular weight excluding hydrogens is 332 g/mol. The fraction of sp³-hybridized carbons (Fsp3) is 0. The monoisotopic (exact) mass is 346 g/mol. The Labute approximate surface area is 149 Å². The summed E-state index contributed by atoms with van der Waals surface area (Å²) in [6.07, 6.45) is 6.09. The number of anilines is 2. The molecule has 6 heteroatoms. The van der Waals surface area contributed by atoms with Crippen molar-refractivity contribution in [2.24, 2.45) is 0 Å². The Hall–Kier alpha value is -3.80. The highest BCUT2D eigenvalue weighted by molar-refractivity contribution is 6.09. The molecule has 2 amide bonds. The Kier molecular flexibility index (Phi) is 3.99. The van der Waals surface area contributed by atoms with E-state index >= 15 is 0 Å². The molecule has 0 atom stereocenters. The Morgan fingerprint density at radius 3 is 2.81 bits per heavy atom. The van der Waals surface area contributed by atoms with Crippen molar-refractivity contribution in [3.63, 3.8) is 0 Å². The summed E-state index contributed by atoms with van der Waals surface area (Å²) in [4.78, 5) is 24.5. The molecule has 0 saturated carbocycles. The SMILES string of the molecule is O=C(/C=C/c1ccoc1)Nc1ccc2c(c1)C(=O)Nc1ccccc1O2. The van der Waals surface area contributed by atoms with Gasteiger partial charge in [0.25, 0.3) is 5.91 Å². The Morgan fingerprint density at radius 2 is 1.96 bits per heavy atom. The van der Waals surface area contributed by atoms with Crippen LogP contribution in [-0.4, -0.2) is 11.8 Å². The number of nitrogens with one attached hydrogen (secondary N) is 2. The minimum atomic E-state index is -0.315. The van der Waals surface area contributed by atoms with Crippen molar-refractivity contribution in [3.8, 4) is 11.5 Å². The predicted octanol–water partition coefficient (Wildman–Crippen LogP) is 4.29. The number of carbonyl (C=O) groups is 2. The number of carbonyl (C=O) groups excluding carboxylic acids is 2. The highest BCUT2D eigenvalue weighted by atomic mass is 16.5. The second-order valence-corrected chi connectivity index (χ2v) is 5.64. The molecule has 0 saturated heterocycles. The molecule has 2 aromatic carbocycles. The van der Waals surface area contributed by atoms with Gasteiger partial charge in [0.1, 0.15) is 5.75 Å². The van der Waals surface area contributed by atoms with E-state index in [-0.39, 0.29) is 11.8 Å². The number of rotatable bonds is 3. The van der Waals surface area contributed by atoms with Crippen molar-refractivity contribution in [2.75, 3.05) is 10.6 Å². The third-order valence-corrected chi connectivity index (χ3v) is 3.82. The number of benzene rings is 2. The van der Waals surface area contributed by atoms with Crippen LogP contribution in [0.1, 0.15) is 15.9 Å². The van der Waals surface area contributed by atoms with Crippen LogP contribution in [0.2, 0.25) is 0 Å². The van der Waals surface area contributed by atoms with Gasteiger partial charge < -0.3 is 19.8 Å². The second-order valence-electron chi connectivity index (χ2n) is 5.64. The first kappa shape index (κ1) is 15.7. The standard InChI is InChI=1S/C20H14N2O4/c23-19(8-5-13-9-10-25-12-13)21-14-6-7-17-15(11-14)20(24)22-16-3-1-2-4-18(16)26-17/h1-12H,(H,21,23)(H,22,24)/b8-5+. The van der Waals surface area contributed by atoms with Gasteiger partial charge in [-0.2, -0.15) is 0 Å². The Balaban J connectivity index is 1.55. The maximum atomic E-state index is 12.5. The van der Waals surface area contributed by atoms with Gasteiger partial charge in [-0.05, 0) is 42.5 Å². The summed E-state index contributed by atoms with van der Waals surface area (Å²) in [5.74, 6) is 0.387. The van der Waals surface area contributed by atoms with Gasteiger partial charge in [-0.15, -0.1) is 0 Å². The van der Waals surface area contributed by atoms with E-state index in [9.17, 15) is 9.59 Å². The zero-order valence-electron chi connectivity index (χ0n) is 13.6. The zero-order valence-corrected chi connectivity index (χ0v) is 13.6. The molecule has 26 heavy (non-hydrogen) atoms. The van der Waals surface area contributed by atoms with E-state index in [0.29, 0.717) is 28.4 Å². The van der Waals surface area contributed by atoms with Gasteiger partial charge in [0.05, 0.1) is 23.8 Å². The highest BCUT2D eigenvalue weighted by Crippen LogP contribution is 2.36. The van der Waals surface area contributed by atoms with Gasteiger partial charge in [0, 0.05) is 17.3 Å². The number of fused-ring (bicyclic) bond motifs is 2. The highest BCUT2D eigenvalue weighted by Gasteiger charge is 2.21. The molecule has 1 aliphatic rings. The largest absolute Gasteiger partial charge is 0.472 e. The lowest BCUT2D eigenvalue weighted by molar-refractivity contribution is -0.111. The Morgan fingerprint density at radius 1 is 1.08 bits per heavy atom. The van der Waals surface area contributed by atoms with Crippen LogP contribution >= 0.6 is 0 Å². The average molecular weight is 346 g/mol. The summed E-state index contributed by atoms with van der Waals surface area (Å²) in [6.45, 7) is 0. The van der Waals surface area contributed by atoms with Gasteiger partial charge >= 0.3 is 0 Å². The van der Waals surface area contributed by atoms with E-state index < -0.39 is 0 Å². The lowest BCUT2D eigenvalue weighted by atomic mass is 10.1. The molecule has 6 nitrogen and oxygen atoms in total. The molecule has 1 aliphatic heterocycles. The maximum Gasteiger partial charge on any atom is 0.259 e. The molecule has 0 bridgehead atoms. The first-order valence-corrected chi connectivity index (χ1v) is 7.92. The van der Waals surface area contributed by atoms with Crippen molar-refractivity contribution in [3.05, 3.63) is 78.3 Å². The van der Waals surface area contributed by atoms with Crippen LogP contribution in [0, 0.1) is 0 Å². The van der Waals surface area contributed by atoms with Crippen LogP contribution in [0.3, 0.4) is 0 Å². The first-order valence-electron chi connectivity index (χ1n) is 7.92. The van der Waals surface area contributed by atoms with Gasteiger partial charge in [-0.1, -0.05) is 12.1 Å². The number of hydrogen-bond donors (Lipinski definition) is 2. The summed E-state index contributed by atoms with van der Waals surface area (Å²) >= 11 is 0. The second kappa shape index (κ2) is 6.60. The van der Waals surface area contributed by atoms with E-state index in [1.165, 1.54) is 18.6 Å². The van der Waals surface area contributed by atoms with E-state index in [4.69, 9.17) is 9.15 Å². The molecule has 1 aromatic heterocycles. The van der Waals surface area contributed by atoms with E-state index in [2.05, 4.69) is 10.6 Å². The fourth-order valence-corrected chi connectivity index (χ4v) is 2.57. The molecule has 0 fully saturated rings. The quantitative estimate of drug-likeness (QED) is 0.693. The number of furan rings is 1. The molecule has 0 unspecified atom stereocenters. The molecule has 2 N–H and O–H groups in total. The lowest BCUT2D eigenvalue weighted by Gasteiger charge is -2.09. The van der Waals surface area contributed by atoms with Crippen LogP contribution in [0.5, 0.6) is 11.5 Å². The first-order chi connectivity index (χ1) is 12.7. The minimum absolute atomic E-state index is 0.296. The number of para-hydroxylation sites is 2. The topological polar surface area (TPSA) is 80.6 Å². The van der Waals surface area contributed by atoms with Crippen LogP contribution in [0.25, 0.3) is 6.08 Å². The third kappa shape index (κ3) is 3.21. The van der Waals surface area contributed by atoms with Gasteiger partial charge in [-0.25, -0.2) is 0 Å². The summed E-state index contributed by atoms with van der Waals surface area (Å²) in [5.41, 5.74) is 2.23. The molecule has 0 aliphatic carbocycles. The van der Waals surface area contributed by atoms with Crippen LogP contribution in [-0.2, 0) is 4.79 Å². The van der Waals surface area contributed by atoms with E-state index in [0.717, 1.165) is 5.56 Å². The number of ether oxygens (including phenoxy) is 1. The average Bonchev–Trinajstić information content (AvgIpc) is 3.11. The molecular formula is C20H14N2O4. The summed E-state index contributed by atoms with van der Waals surface area (Å²) in [5, 5.41) is 5.53. The zero-order chi connectivity index (χ0) is 17.9. The number of amides is 2. The third-order valence-electron chi connectivity index (χ3n) is 3.82. The maximum absolute atomic E-state index is 12.5. The Bertz CT molecular complexity index is 1010. The predicted molar refractivity (Wildman–Crippen MR) is 97.3 cm³/mol. The molecule has 0 spiro atoms. The summed E-state index contributed by atoms with van der Waals surface area (Å²) in [6, 6.07) is 13.9. The van der Waals surface area contributed by atoms with E-state index in [1.807, 2.05) is 12.1 Å². The van der Waals surface area contributed by atoms with Crippen molar-refractivity contribution in [1.29, 1.82) is 0 Å². The molecule has 128 valence electrons. The van der Waals surface area contributed by atoms with Crippen molar-refractivity contribution in [2.45, 2.75) is 0 Å². The van der Waals surface area contributed by atoms with Crippen LogP contribution in [0.15, 0.2) is 71.6 Å². The van der Waals surface area contributed by atoms with Crippen LogP contribution in [0.4, 0.5) is 11.4 Å². The smallest absolute Gasteiger partial charge is 0.259 e. The van der Waals surface area contributed by atoms with E-state index in [1.54, 1.807) is 42.5 Å². The fourth-order valence-electron chi connectivity index (χ4n) is 2.57. The minimum Gasteiger partial charge on any atom is -0.472 e. The molecule has 2 heterocycles. The van der Waals surface area contributed by atoms with Gasteiger partial charge in [0.15, 0.2) is 5.75 Å². The van der Waals surface area contributed by atoms with Crippen molar-refractivity contribution >= 4 is 29.3 Å². The van der Waals surface area contributed by atoms with Gasteiger partial charge in [0.2, 0.25) is 5.91 Å². The lowest BCUT2D eigenvalue weighted by Crippen LogP contribution is -2.12.